The second-order valence-electron chi connectivity index (χ2n) is 5.75. The van der Waals surface area contributed by atoms with E-state index in [9.17, 15) is 9.59 Å². The van der Waals surface area contributed by atoms with Crippen LogP contribution in [0.15, 0.2) is 12.1 Å². The molecule has 0 spiro atoms. The maximum atomic E-state index is 12.2. The third kappa shape index (κ3) is 5.34. The van der Waals surface area contributed by atoms with E-state index >= 15 is 0 Å². The first-order valence-electron chi connectivity index (χ1n) is 6.91. The fraction of sp³-hybridized carbons (Fsp3) is 0.533. The number of carbonyl (C=O) groups is 2. The van der Waals surface area contributed by atoms with E-state index in [-0.39, 0.29) is 17.0 Å². The average Bonchev–Trinajstić information content (AvgIpc) is 2.36. The van der Waals surface area contributed by atoms with Gasteiger partial charge in [0.1, 0.15) is 11.2 Å². The summed E-state index contributed by atoms with van der Waals surface area (Å²) in [6, 6.07) is 2.17. The summed E-state index contributed by atoms with van der Waals surface area (Å²) in [6.45, 7) is 7.70. The Balaban J connectivity index is 2.94. The minimum Gasteiger partial charge on any atom is -0.480 e. The zero-order valence-electron chi connectivity index (χ0n) is 12.7. The summed E-state index contributed by atoms with van der Waals surface area (Å²) >= 11 is 5.91. The maximum Gasteiger partial charge on any atom is 0.326 e. The van der Waals surface area contributed by atoms with Crippen LogP contribution in [0.5, 0.6) is 0 Å². The molecule has 0 saturated heterocycles. The van der Waals surface area contributed by atoms with Crippen LogP contribution < -0.4 is 5.32 Å². The Bertz CT molecular complexity index is 530. The Hall–Kier alpha value is -1.62. The number of carboxylic acids is 1. The van der Waals surface area contributed by atoms with Crippen molar-refractivity contribution in [3.8, 4) is 0 Å². The van der Waals surface area contributed by atoms with Crippen molar-refractivity contribution in [2.24, 2.45) is 5.92 Å². The van der Waals surface area contributed by atoms with Crippen LogP contribution in [0.25, 0.3) is 0 Å². The number of nitrogens with zero attached hydrogens (tertiary/aromatic N) is 1. The molecule has 1 atom stereocenters. The molecule has 0 saturated carbocycles. The minimum atomic E-state index is -1.04. The van der Waals surface area contributed by atoms with Gasteiger partial charge in [-0.2, -0.15) is 0 Å². The van der Waals surface area contributed by atoms with E-state index in [0.717, 1.165) is 0 Å². The monoisotopic (exact) mass is 312 g/mol. The molecule has 1 aromatic rings. The van der Waals surface area contributed by atoms with Crippen molar-refractivity contribution >= 4 is 23.5 Å². The van der Waals surface area contributed by atoms with Crippen molar-refractivity contribution in [3.05, 3.63) is 28.5 Å². The molecule has 1 aromatic heterocycles. The van der Waals surface area contributed by atoms with Crippen LogP contribution in [0, 0.1) is 5.92 Å². The van der Waals surface area contributed by atoms with Crippen LogP contribution in [0.2, 0.25) is 5.15 Å². The van der Waals surface area contributed by atoms with Gasteiger partial charge in [-0.15, -0.1) is 0 Å². The first-order valence-corrected chi connectivity index (χ1v) is 7.29. The molecule has 21 heavy (non-hydrogen) atoms. The maximum absolute atomic E-state index is 12.2. The van der Waals surface area contributed by atoms with Gasteiger partial charge >= 0.3 is 5.97 Å². The van der Waals surface area contributed by atoms with Crippen molar-refractivity contribution in [3.63, 3.8) is 0 Å². The van der Waals surface area contributed by atoms with E-state index in [4.69, 9.17) is 16.7 Å². The molecule has 6 heteroatoms. The van der Waals surface area contributed by atoms with Crippen LogP contribution in [0.1, 0.15) is 56.1 Å². The number of aliphatic carboxylic acids is 1. The predicted octanol–water partition coefficient (Wildman–Crippen LogP) is 3.09. The van der Waals surface area contributed by atoms with Gasteiger partial charge in [-0.1, -0.05) is 39.3 Å². The second-order valence-corrected chi connectivity index (χ2v) is 6.14. The molecule has 0 aromatic carbocycles. The number of carboxylic acid groups (broad SMARTS) is 1. The van der Waals surface area contributed by atoms with Crippen LogP contribution in [-0.4, -0.2) is 28.0 Å². The number of amides is 1. The number of rotatable bonds is 6. The van der Waals surface area contributed by atoms with E-state index in [0.29, 0.717) is 17.7 Å². The lowest BCUT2D eigenvalue weighted by Gasteiger charge is -2.17. The Morgan fingerprint density at radius 1 is 1.29 bits per heavy atom. The van der Waals surface area contributed by atoms with Crippen molar-refractivity contribution in [1.29, 1.82) is 0 Å². The predicted molar refractivity (Wildman–Crippen MR) is 81.7 cm³/mol. The molecule has 1 heterocycles. The first kappa shape index (κ1) is 17.4. The number of carbonyl (C=O) groups excluding carboxylic acids is 1. The number of hydrogen-bond donors (Lipinski definition) is 2. The molecular formula is C15H21ClN2O3. The smallest absolute Gasteiger partial charge is 0.326 e. The summed E-state index contributed by atoms with van der Waals surface area (Å²) in [5, 5.41) is 11.9. The number of halogens is 1. The molecule has 0 aliphatic carbocycles. The van der Waals surface area contributed by atoms with Crippen molar-refractivity contribution in [1.82, 2.24) is 10.3 Å². The quantitative estimate of drug-likeness (QED) is 0.791. The minimum absolute atomic E-state index is 0.126. The number of pyridine rings is 1. The fourth-order valence-electron chi connectivity index (χ4n) is 1.88. The molecule has 0 unspecified atom stereocenters. The molecule has 5 nitrogen and oxygen atoms in total. The fourth-order valence-corrected chi connectivity index (χ4v) is 2.09. The number of aromatic nitrogens is 1. The van der Waals surface area contributed by atoms with E-state index < -0.39 is 17.9 Å². The normalized spacial score (nSPS) is 12.5. The summed E-state index contributed by atoms with van der Waals surface area (Å²) in [5.41, 5.74) is 1.03. The lowest BCUT2D eigenvalue weighted by Crippen LogP contribution is -2.41. The van der Waals surface area contributed by atoms with E-state index in [1.165, 1.54) is 6.07 Å². The van der Waals surface area contributed by atoms with Gasteiger partial charge in [-0.05, 0) is 30.4 Å². The third-order valence-corrected chi connectivity index (χ3v) is 3.17. The molecule has 0 bridgehead atoms. The summed E-state index contributed by atoms with van der Waals surface area (Å²) in [5.74, 6) is -1.20. The van der Waals surface area contributed by atoms with Crippen molar-refractivity contribution in [2.45, 2.75) is 46.1 Å². The summed E-state index contributed by atoms with van der Waals surface area (Å²) in [6.07, 6.45) is 0.372. The SMILES string of the molecule is CC(C)C[C@@H](NC(=O)c1cc(Cl)nc(C(C)C)c1)C(=O)O. The highest BCUT2D eigenvalue weighted by atomic mass is 35.5. The molecule has 0 radical (unpaired) electrons. The molecule has 0 aliphatic rings. The highest BCUT2D eigenvalue weighted by molar-refractivity contribution is 6.29. The summed E-state index contributed by atoms with van der Waals surface area (Å²) in [7, 11) is 0. The lowest BCUT2D eigenvalue weighted by molar-refractivity contribution is -0.139. The summed E-state index contributed by atoms with van der Waals surface area (Å²) < 4.78 is 0. The molecule has 1 amide bonds. The molecule has 0 fully saturated rings. The van der Waals surface area contributed by atoms with Gasteiger partial charge in [0, 0.05) is 11.3 Å². The molecular weight excluding hydrogens is 292 g/mol. The molecule has 1 rings (SSSR count). The Morgan fingerprint density at radius 2 is 1.90 bits per heavy atom. The van der Waals surface area contributed by atoms with Crippen molar-refractivity contribution < 1.29 is 14.7 Å². The first-order chi connectivity index (χ1) is 9.70. The van der Waals surface area contributed by atoms with Gasteiger partial charge in [0.15, 0.2) is 0 Å². The third-order valence-electron chi connectivity index (χ3n) is 2.98. The zero-order valence-corrected chi connectivity index (χ0v) is 13.4. The topological polar surface area (TPSA) is 79.3 Å². The van der Waals surface area contributed by atoms with Gasteiger partial charge in [0.2, 0.25) is 0 Å². The van der Waals surface area contributed by atoms with Crippen molar-refractivity contribution in [2.75, 3.05) is 0 Å². The number of nitrogens with one attached hydrogen (secondary N) is 1. The zero-order chi connectivity index (χ0) is 16.2. The molecule has 0 aliphatic heterocycles. The highest BCUT2D eigenvalue weighted by Gasteiger charge is 2.22. The Labute approximate surface area is 129 Å². The van der Waals surface area contributed by atoms with Gasteiger partial charge < -0.3 is 10.4 Å². The van der Waals surface area contributed by atoms with Crippen LogP contribution >= 0.6 is 11.6 Å². The van der Waals surface area contributed by atoms with Crippen LogP contribution in [-0.2, 0) is 4.79 Å². The molecule has 2 N–H and O–H groups in total. The van der Waals surface area contributed by atoms with Gasteiger partial charge in [0.05, 0.1) is 0 Å². The number of hydrogen-bond acceptors (Lipinski definition) is 3. The van der Waals surface area contributed by atoms with E-state index in [1.807, 2.05) is 27.7 Å². The van der Waals surface area contributed by atoms with Crippen LogP contribution in [0.4, 0.5) is 0 Å². The van der Waals surface area contributed by atoms with E-state index in [1.54, 1.807) is 6.07 Å². The Kier molecular flexibility index (Phi) is 6.15. The highest BCUT2D eigenvalue weighted by Crippen LogP contribution is 2.18. The second kappa shape index (κ2) is 7.41. The van der Waals surface area contributed by atoms with E-state index in [2.05, 4.69) is 10.3 Å². The lowest BCUT2D eigenvalue weighted by atomic mass is 10.0. The van der Waals surface area contributed by atoms with Gasteiger partial charge in [-0.3, -0.25) is 4.79 Å². The largest absolute Gasteiger partial charge is 0.480 e. The summed E-state index contributed by atoms with van der Waals surface area (Å²) in [4.78, 5) is 27.5. The van der Waals surface area contributed by atoms with Gasteiger partial charge in [-0.25, -0.2) is 9.78 Å². The molecule has 116 valence electrons. The van der Waals surface area contributed by atoms with Gasteiger partial charge in [0.25, 0.3) is 5.91 Å². The Morgan fingerprint density at radius 3 is 2.38 bits per heavy atom. The average molecular weight is 313 g/mol. The van der Waals surface area contributed by atoms with Crippen LogP contribution in [0.3, 0.4) is 0 Å². The standard InChI is InChI=1S/C15H21ClN2O3/c1-8(2)5-12(15(20)21)18-14(19)10-6-11(9(3)4)17-13(16)7-10/h6-9,12H,5H2,1-4H3,(H,18,19)(H,20,21)/t12-/m1/s1.